The predicted molar refractivity (Wildman–Crippen MR) is 99.0 cm³/mol. The minimum absolute atomic E-state index is 0.0537. The number of benzene rings is 1. The van der Waals surface area contributed by atoms with Gasteiger partial charge in [0.15, 0.2) is 0 Å². The molecule has 1 amide bonds. The van der Waals surface area contributed by atoms with Crippen LogP contribution in [0.4, 0.5) is 0 Å². The molecule has 0 spiro atoms. The summed E-state index contributed by atoms with van der Waals surface area (Å²) in [6.07, 6.45) is 2.21. The lowest BCUT2D eigenvalue weighted by atomic mass is 9.99. The molecule has 25 heavy (non-hydrogen) atoms. The van der Waals surface area contributed by atoms with Crippen LogP contribution in [0.5, 0.6) is 0 Å². The molecular formula is C18H22N2O3S2. The molecule has 1 atom stereocenters. The Morgan fingerprint density at radius 3 is 2.72 bits per heavy atom. The maximum absolute atomic E-state index is 12.6. The Morgan fingerprint density at radius 2 is 2.00 bits per heavy atom. The van der Waals surface area contributed by atoms with E-state index in [1.165, 1.54) is 21.2 Å². The van der Waals surface area contributed by atoms with Crippen LogP contribution in [0.1, 0.15) is 18.4 Å². The van der Waals surface area contributed by atoms with Crippen LogP contribution in [-0.4, -0.2) is 38.3 Å². The molecule has 134 valence electrons. The van der Waals surface area contributed by atoms with Gasteiger partial charge in [0.05, 0.1) is 5.92 Å². The molecule has 1 aliphatic rings. The summed E-state index contributed by atoms with van der Waals surface area (Å²) in [4.78, 5) is 12.4. The van der Waals surface area contributed by atoms with E-state index in [1.54, 1.807) is 17.5 Å². The van der Waals surface area contributed by atoms with Gasteiger partial charge in [-0.3, -0.25) is 4.79 Å². The molecule has 0 bridgehead atoms. The van der Waals surface area contributed by atoms with Crippen LogP contribution in [0.25, 0.3) is 0 Å². The van der Waals surface area contributed by atoms with Gasteiger partial charge in [-0.25, -0.2) is 8.42 Å². The van der Waals surface area contributed by atoms with Gasteiger partial charge in [0, 0.05) is 19.6 Å². The first-order valence-electron chi connectivity index (χ1n) is 8.42. The van der Waals surface area contributed by atoms with Gasteiger partial charge < -0.3 is 5.32 Å². The van der Waals surface area contributed by atoms with E-state index in [-0.39, 0.29) is 18.4 Å². The SMILES string of the molecule is O=C(NCCc1ccccc1)[C@H]1CCCN(S(=O)(=O)c2cccs2)C1. The Labute approximate surface area is 152 Å². The molecule has 1 saturated heterocycles. The summed E-state index contributed by atoms with van der Waals surface area (Å²) >= 11 is 1.21. The normalized spacial score (nSPS) is 18.8. The van der Waals surface area contributed by atoms with Crippen LogP contribution >= 0.6 is 11.3 Å². The molecule has 1 aromatic heterocycles. The summed E-state index contributed by atoms with van der Waals surface area (Å²) in [5.41, 5.74) is 1.17. The highest BCUT2D eigenvalue weighted by Crippen LogP contribution is 2.26. The highest BCUT2D eigenvalue weighted by Gasteiger charge is 2.33. The average Bonchev–Trinajstić information content (AvgIpc) is 3.18. The summed E-state index contributed by atoms with van der Waals surface area (Å²) in [7, 11) is -3.48. The van der Waals surface area contributed by atoms with Gasteiger partial charge in [0.2, 0.25) is 5.91 Å². The molecule has 3 rings (SSSR count). The molecule has 0 aliphatic carbocycles. The molecule has 1 aromatic carbocycles. The second-order valence-corrected chi connectivity index (χ2v) is 9.27. The zero-order valence-electron chi connectivity index (χ0n) is 13.9. The lowest BCUT2D eigenvalue weighted by Gasteiger charge is -2.30. The molecule has 0 unspecified atom stereocenters. The van der Waals surface area contributed by atoms with Gasteiger partial charge in [-0.15, -0.1) is 11.3 Å². The number of amides is 1. The third kappa shape index (κ3) is 4.48. The van der Waals surface area contributed by atoms with E-state index in [9.17, 15) is 13.2 Å². The van der Waals surface area contributed by atoms with Crippen molar-refractivity contribution < 1.29 is 13.2 Å². The van der Waals surface area contributed by atoms with Crippen molar-refractivity contribution in [3.8, 4) is 0 Å². The zero-order chi connectivity index (χ0) is 17.7. The molecule has 2 aromatic rings. The molecule has 0 radical (unpaired) electrons. The molecule has 7 heteroatoms. The second-order valence-electron chi connectivity index (χ2n) is 6.16. The Bertz CT molecular complexity index is 789. The zero-order valence-corrected chi connectivity index (χ0v) is 15.6. The third-order valence-electron chi connectivity index (χ3n) is 4.40. The van der Waals surface area contributed by atoms with Crippen molar-refractivity contribution in [2.24, 2.45) is 5.92 Å². The average molecular weight is 379 g/mol. The minimum Gasteiger partial charge on any atom is -0.355 e. The summed E-state index contributed by atoms with van der Waals surface area (Å²) in [6, 6.07) is 13.3. The quantitative estimate of drug-likeness (QED) is 0.840. The van der Waals surface area contributed by atoms with Crippen LogP contribution in [0, 0.1) is 5.92 Å². The summed E-state index contributed by atoms with van der Waals surface area (Å²) in [5.74, 6) is -0.332. The predicted octanol–water partition coefficient (Wildman–Crippen LogP) is 2.51. The van der Waals surface area contributed by atoms with Gasteiger partial charge in [-0.05, 0) is 36.3 Å². The van der Waals surface area contributed by atoms with E-state index < -0.39 is 10.0 Å². The van der Waals surface area contributed by atoms with Crippen molar-refractivity contribution in [2.75, 3.05) is 19.6 Å². The molecule has 1 N–H and O–H groups in total. The van der Waals surface area contributed by atoms with Crippen LogP contribution < -0.4 is 5.32 Å². The highest BCUT2D eigenvalue weighted by atomic mass is 32.2. The standard InChI is InChI=1S/C18H22N2O3S2/c21-18(19-11-10-15-6-2-1-3-7-15)16-8-4-12-20(14-16)25(22,23)17-9-5-13-24-17/h1-3,5-7,9,13,16H,4,8,10-12,14H2,(H,19,21)/t16-/m0/s1. The minimum atomic E-state index is -3.48. The number of carbonyl (C=O) groups is 1. The van der Waals surface area contributed by atoms with Gasteiger partial charge in [0.25, 0.3) is 10.0 Å². The number of nitrogens with one attached hydrogen (secondary N) is 1. The van der Waals surface area contributed by atoms with E-state index in [1.807, 2.05) is 30.3 Å². The van der Waals surface area contributed by atoms with E-state index in [0.717, 1.165) is 12.8 Å². The molecule has 1 fully saturated rings. The maximum atomic E-state index is 12.6. The van der Waals surface area contributed by atoms with Crippen molar-refractivity contribution in [3.63, 3.8) is 0 Å². The van der Waals surface area contributed by atoms with Crippen LogP contribution in [-0.2, 0) is 21.2 Å². The number of piperidine rings is 1. The molecular weight excluding hydrogens is 356 g/mol. The smallest absolute Gasteiger partial charge is 0.252 e. The fraction of sp³-hybridized carbons (Fsp3) is 0.389. The molecule has 2 heterocycles. The Kier molecular flexibility index (Phi) is 5.88. The number of hydrogen-bond acceptors (Lipinski definition) is 4. The number of hydrogen-bond donors (Lipinski definition) is 1. The second kappa shape index (κ2) is 8.12. The first-order chi connectivity index (χ1) is 12.1. The van der Waals surface area contributed by atoms with Crippen molar-refractivity contribution in [1.82, 2.24) is 9.62 Å². The Morgan fingerprint density at radius 1 is 1.20 bits per heavy atom. The first kappa shape index (κ1) is 18.1. The molecule has 1 aliphatic heterocycles. The van der Waals surface area contributed by atoms with Gasteiger partial charge in [-0.2, -0.15) is 4.31 Å². The fourth-order valence-electron chi connectivity index (χ4n) is 3.03. The van der Waals surface area contributed by atoms with Gasteiger partial charge in [0.1, 0.15) is 4.21 Å². The summed E-state index contributed by atoms with van der Waals surface area (Å²) in [5, 5.41) is 4.70. The first-order valence-corrected chi connectivity index (χ1v) is 10.7. The highest BCUT2D eigenvalue weighted by molar-refractivity contribution is 7.91. The number of carbonyl (C=O) groups excluding carboxylic acids is 1. The van der Waals surface area contributed by atoms with Crippen LogP contribution in [0.3, 0.4) is 0 Å². The number of sulfonamides is 1. The maximum Gasteiger partial charge on any atom is 0.252 e. The van der Waals surface area contributed by atoms with E-state index >= 15 is 0 Å². The van der Waals surface area contributed by atoms with Crippen LogP contribution in [0.2, 0.25) is 0 Å². The lowest BCUT2D eigenvalue weighted by molar-refractivity contribution is -0.126. The molecule has 5 nitrogen and oxygen atoms in total. The van der Waals surface area contributed by atoms with Crippen molar-refractivity contribution in [1.29, 1.82) is 0 Å². The number of rotatable bonds is 6. The molecule has 0 saturated carbocycles. The largest absolute Gasteiger partial charge is 0.355 e. The number of thiophene rings is 1. The lowest BCUT2D eigenvalue weighted by Crippen LogP contribution is -2.45. The summed E-state index contributed by atoms with van der Waals surface area (Å²) < 4.78 is 27.0. The van der Waals surface area contributed by atoms with Crippen LogP contribution in [0.15, 0.2) is 52.1 Å². The summed E-state index contributed by atoms with van der Waals surface area (Å²) in [6.45, 7) is 1.31. The Hall–Kier alpha value is -1.70. The third-order valence-corrected chi connectivity index (χ3v) is 7.64. The monoisotopic (exact) mass is 378 g/mol. The fourth-order valence-corrected chi connectivity index (χ4v) is 5.70. The van der Waals surface area contributed by atoms with Gasteiger partial charge >= 0.3 is 0 Å². The number of nitrogens with zero attached hydrogens (tertiary/aromatic N) is 1. The topological polar surface area (TPSA) is 66.5 Å². The van der Waals surface area contributed by atoms with E-state index in [2.05, 4.69) is 5.32 Å². The van der Waals surface area contributed by atoms with Crippen molar-refractivity contribution in [3.05, 3.63) is 53.4 Å². The van der Waals surface area contributed by atoms with Crippen molar-refractivity contribution >= 4 is 27.3 Å². The van der Waals surface area contributed by atoms with E-state index in [0.29, 0.717) is 23.7 Å². The van der Waals surface area contributed by atoms with E-state index in [4.69, 9.17) is 0 Å². The van der Waals surface area contributed by atoms with Gasteiger partial charge in [-0.1, -0.05) is 36.4 Å². The Balaban J connectivity index is 1.55. The van der Waals surface area contributed by atoms with Crippen molar-refractivity contribution in [2.45, 2.75) is 23.5 Å².